The first-order chi connectivity index (χ1) is 13.1. The zero-order valence-corrected chi connectivity index (χ0v) is 17.5. The van der Waals surface area contributed by atoms with Crippen molar-refractivity contribution in [1.29, 1.82) is 0 Å². The summed E-state index contributed by atoms with van der Waals surface area (Å²) in [4.78, 5) is 26.7. The molecule has 1 aliphatic heterocycles. The van der Waals surface area contributed by atoms with E-state index in [2.05, 4.69) is 31.5 Å². The molecule has 0 bridgehead atoms. The summed E-state index contributed by atoms with van der Waals surface area (Å²) in [6.45, 7) is 4.49. The van der Waals surface area contributed by atoms with E-state index in [0.29, 0.717) is 11.5 Å². The second-order valence-corrected chi connectivity index (χ2v) is 8.69. The van der Waals surface area contributed by atoms with Crippen molar-refractivity contribution < 1.29 is 9.59 Å². The summed E-state index contributed by atoms with van der Waals surface area (Å²) in [6, 6.07) is 7.48. The molecule has 0 atom stereocenters. The molecule has 148 valence electrons. The van der Waals surface area contributed by atoms with E-state index in [-0.39, 0.29) is 17.7 Å². The monoisotopic (exact) mass is 435 g/mol. The number of rotatable bonds is 7. The van der Waals surface area contributed by atoms with Gasteiger partial charge in [-0.25, -0.2) is 0 Å². The van der Waals surface area contributed by atoms with Gasteiger partial charge < -0.3 is 15.5 Å². The summed E-state index contributed by atoms with van der Waals surface area (Å²) in [5.74, 6) is 1.03. The number of likely N-dealkylation sites (tertiary alicyclic amines) is 1. The van der Waals surface area contributed by atoms with Crippen LogP contribution in [-0.2, 0) is 4.79 Å². The number of benzene rings is 1. The van der Waals surface area contributed by atoms with Gasteiger partial charge in [0, 0.05) is 35.6 Å². The third-order valence-electron chi connectivity index (χ3n) is 5.80. The first kappa shape index (κ1) is 20.3. The Labute approximate surface area is 170 Å². The molecule has 0 aromatic heterocycles. The molecule has 2 fully saturated rings. The molecular formula is C21H30BrN3O2. The van der Waals surface area contributed by atoms with E-state index in [1.54, 1.807) is 0 Å². The maximum absolute atomic E-state index is 12.2. The largest absolute Gasteiger partial charge is 0.355 e. The minimum Gasteiger partial charge on any atom is -0.355 e. The van der Waals surface area contributed by atoms with Gasteiger partial charge in [-0.05, 0) is 62.9 Å². The van der Waals surface area contributed by atoms with Crippen LogP contribution in [0.2, 0.25) is 0 Å². The number of hydrogen-bond acceptors (Lipinski definition) is 3. The molecule has 1 saturated heterocycles. The number of piperidine rings is 1. The molecule has 27 heavy (non-hydrogen) atoms. The van der Waals surface area contributed by atoms with Gasteiger partial charge in [0.1, 0.15) is 0 Å². The average Bonchev–Trinajstić information content (AvgIpc) is 3.22. The summed E-state index contributed by atoms with van der Waals surface area (Å²) in [6.07, 6.45) is 6.70. The van der Waals surface area contributed by atoms with Crippen molar-refractivity contribution in [3.05, 3.63) is 34.3 Å². The van der Waals surface area contributed by atoms with Crippen LogP contribution in [-0.4, -0.2) is 49.4 Å². The summed E-state index contributed by atoms with van der Waals surface area (Å²) in [7, 11) is 0. The summed E-state index contributed by atoms with van der Waals surface area (Å²) in [5.41, 5.74) is 0.694. The van der Waals surface area contributed by atoms with E-state index in [1.807, 2.05) is 24.3 Å². The Balaban J connectivity index is 1.29. The van der Waals surface area contributed by atoms with Crippen molar-refractivity contribution in [1.82, 2.24) is 15.5 Å². The Morgan fingerprint density at radius 2 is 1.81 bits per heavy atom. The Kier molecular flexibility index (Phi) is 7.70. The minimum absolute atomic E-state index is 0.00615. The highest BCUT2D eigenvalue weighted by Gasteiger charge is 2.23. The molecule has 3 rings (SSSR count). The SMILES string of the molecule is O=C(NCC1CCN(CCNC(=O)C2CCCC2)CC1)c1cccc(Br)c1. The van der Waals surface area contributed by atoms with Gasteiger partial charge in [0.05, 0.1) is 0 Å². The number of amides is 2. The van der Waals surface area contributed by atoms with Gasteiger partial charge in [-0.15, -0.1) is 0 Å². The van der Waals surface area contributed by atoms with Gasteiger partial charge in [-0.1, -0.05) is 34.8 Å². The second kappa shape index (κ2) is 10.2. The first-order valence-corrected chi connectivity index (χ1v) is 10.9. The fraction of sp³-hybridized carbons (Fsp3) is 0.619. The van der Waals surface area contributed by atoms with Gasteiger partial charge in [0.25, 0.3) is 5.91 Å². The van der Waals surface area contributed by atoms with Crippen LogP contribution < -0.4 is 10.6 Å². The van der Waals surface area contributed by atoms with E-state index >= 15 is 0 Å². The highest BCUT2D eigenvalue weighted by Crippen LogP contribution is 2.24. The summed E-state index contributed by atoms with van der Waals surface area (Å²) in [5, 5.41) is 6.17. The lowest BCUT2D eigenvalue weighted by Crippen LogP contribution is -2.42. The van der Waals surface area contributed by atoms with Crippen LogP contribution in [0, 0.1) is 11.8 Å². The molecule has 0 unspecified atom stereocenters. The number of hydrogen-bond donors (Lipinski definition) is 2. The second-order valence-electron chi connectivity index (χ2n) is 7.78. The lowest BCUT2D eigenvalue weighted by atomic mass is 9.96. The molecule has 6 heteroatoms. The van der Waals surface area contributed by atoms with E-state index in [4.69, 9.17) is 0 Å². The molecule has 1 aliphatic carbocycles. The van der Waals surface area contributed by atoms with Crippen LogP contribution >= 0.6 is 15.9 Å². The number of carbonyl (C=O) groups is 2. The molecule has 1 saturated carbocycles. The van der Waals surface area contributed by atoms with E-state index in [1.165, 1.54) is 12.8 Å². The molecule has 1 aromatic rings. The highest BCUT2D eigenvalue weighted by molar-refractivity contribution is 9.10. The Hall–Kier alpha value is -1.40. The van der Waals surface area contributed by atoms with Crippen molar-refractivity contribution in [2.24, 2.45) is 11.8 Å². The molecule has 1 aromatic carbocycles. The van der Waals surface area contributed by atoms with Gasteiger partial charge in [-0.2, -0.15) is 0 Å². The van der Waals surface area contributed by atoms with Crippen LogP contribution in [0.5, 0.6) is 0 Å². The molecule has 2 amide bonds. The van der Waals surface area contributed by atoms with Gasteiger partial charge >= 0.3 is 0 Å². The standard InChI is InChI=1S/C21H30BrN3O2/c22-19-7-3-6-18(14-19)21(27)24-15-16-8-11-25(12-9-16)13-10-23-20(26)17-4-1-2-5-17/h3,6-7,14,16-17H,1-2,4-5,8-13,15H2,(H,23,26)(H,24,27). The topological polar surface area (TPSA) is 61.4 Å². The van der Waals surface area contributed by atoms with E-state index < -0.39 is 0 Å². The number of nitrogens with zero attached hydrogens (tertiary/aromatic N) is 1. The fourth-order valence-electron chi connectivity index (χ4n) is 4.05. The van der Waals surface area contributed by atoms with Crippen LogP contribution in [0.15, 0.2) is 28.7 Å². The van der Waals surface area contributed by atoms with E-state index in [9.17, 15) is 9.59 Å². The predicted octanol–water partition coefficient (Wildman–Crippen LogP) is 3.20. The average molecular weight is 436 g/mol. The summed E-state index contributed by atoms with van der Waals surface area (Å²) >= 11 is 3.40. The maximum Gasteiger partial charge on any atom is 0.251 e. The molecular weight excluding hydrogens is 406 g/mol. The van der Waals surface area contributed by atoms with Crippen LogP contribution in [0.1, 0.15) is 48.9 Å². The molecule has 1 heterocycles. The van der Waals surface area contributed by atoms with Gasteiger partial charge in [-0.3, -0.25) is 9.59 Å². The van der Waals surface area contributed by atoms with Crippen molar-refractivity contribution in [2.45, 2.75) is 38.5 Å². The third kappa shape index (κ3) is 6.32. The normalized spacial score (nSPS) is 19.1. The number of halogens is 1. The van der Waals surface area contributed by atoms with Gasteiger partial charge in [0.2, 0.25) is 5.91 Å². The fourth-order valence-corrected chi connectivity index (χ4v) is 4.45. The third-order valence-corrected chi connectivity index (χ3v) is 6.29. The molecule has 5 nitrogen and oxygen atoms in total. The summed E-state index contributed by atoms with van der Waals surface area (Å²) < 4.78 is 0.920. The molecule has 0 spiro atoms. The first-order valence-electron chi connectivity index (χ1n) is 10.2. The van der Waals surface area contributed by atoms with Crippen molar-refractivity contribution in [2.75, 3.05) is 32.7 Å². The van der Waals surface area contributed by atoms with Crippen LogP contribution in [0.4, 0.5) is 0 Å². The Morgan fingerprint density at radius 1 is 1.07 bits per heavy atom. The Morgan fingerprint density at radius 3 is 2.52 bits per heavy atom. The van der Waals surface area contributed by atoms with E-state index in [0.717, 1.165) is 62.9 Å². The molecule has 0 radical (unpaired) electrons. The van der Waals surface area contributed by atoms with Crippen molar-refractivity contribution in [3.63, 3.8) is 0 Å². The minimum atomic E-state index is -0.00615. The predicted molar refractivity (Wildman–Crippen MR) is 111 cm³/mol. The quantitative estimate of drug-likeness (QED) is 0.690. The van der Waals surface area contributed by atoms with Gasteiger partial charge in [0.15, 0.2) is 0 Å². The van der Waals surface area contributed by atoms with Crippen LogP contribution in [0.25, 0.3) is 0 Å². The zero-order valence-electron chi connectivity index (χ0n) is 15.9. The zero-order chi connectivity index (χ0) is 19.1. The smallest absolute Gasteiger partial charge is 0.251 e. The lowest BCUT2D eigenvalue weighted by molar-refractivity contribution is -0.124. The van der Waals surface area contributed by atoms with Crippen molar-refractivity contribution >= 4 is 27.7 Å². The Bertz CT molecular complexity index is 638. The molecule has 2 N–H and O–H groups in total. The number of nitrogens with one attached hydrogen (secondary N) is 2. The van der Waals surface area contributed by atoms with Crippen molar-refractivity contribution in [3.8, 4) is 0 Å². The van der Waals surface area contributed by atoms with Crippen LogP contribution in [0.3, 0.4) is 0 Å². The highest BCUT2D eigenvalue weighted by atomic mass is 79.9. The molecule has 2 aliphatic rings. The lowest BCUT2D eigenvalue weighted by Gasteiger charge is -2.32. The number of carbonyl (C=O) groups excluding carboxylic acids is 2. The maximum atomic E-state index is 12.2.